The monoisotopic (exact) mass is 443 g/mol. The third-order valence-corrected chi connectivity index (χ3v) is 5.83. The first-order valence-electron chi connectivity index (χ1n) is 11.4. The summed E-state index contributed by atoms with van der Waals surface area (Å²) in [7, 11) is 0. The molecular weight excluding hydrogens is 410 g/mol. The molecule has 174 valence electrons. The van der Waals surface area contributed by atoms with E-state index in [9.17, 15) is 19.2 Å². The molecule has 0 radical (unpaired) electrons. The van der Waals surface area contributed by atoms with Crippen molar-refractivity contribution in [1.82, 2.24) is 20.0 Å². The van der Waals surface area contributed by atoms with E-state index in [0.717, 1.165) is 26.1 Å². The van der Waals surface area contributed by atoms with E-state index in [0.29, 0.717) is 56.8 Å². The Bertz CT molecular complexity index is 820. The van der Waals surface area contributed by atoms with E-state index in [1.165, 1.54) is 6.92 Å². The van der Waals surface area contributed by atoms with Gasteiger partial charge in [0.2, 0.25) is 17.7 Å². The third kappa shape index (κ3) is 6.78. The summed E-state index contributed by atoms with van der Waals surface area (Å²) in [5.41, 5.74) is 1.13. The Hall–Kier alpha value is -2.94. The fourth-order valence-corrected chi connectivity index (χ4v) is 4.09. The van der Waals surface area contributed by atoms with Gasteiger partial charge in [-0.05, 0) is 37.1 Å². The zero-order valence-corrected chi connectivity index (χ0v) is 18.8. The maximum absolute atomic E-state index is 13.2. The lowest BCUT2D eigenvalue weighted by molar-refractivity contribution is -0.132. The molecule has 0 aromatic heterocycles. The fourth-order valence-electron chi connectivity index (χ4n) is 4.09. The quantitative estimate of drug-likeness (QED) is 0.591. The second-order valence-corrected chi connectivity index (χ2v) is 8.27. The van der Waals surface area contributed by atoms with Crippen molar-refractivity contribution in [3.63, 3.8) is 0 Å². The number of benzene rings is 1. The van der Waals surface area contributed by atoms with Crippen LogP contribution in [-0.4, -0.2) is 90.7 Å². The topological polar surface area (TPSA) is 102 Å². The summed E-state index contributed by atoms with van der Waals surface area (Å²) in [5, 5.41) is 5.92. The number of carbonyl (C=O) groups excluding carboxylic acids is 4. The predicted molar refractivity (Wildman–Crippen MR) is 121 cm³/mol. The highest BCUT2D eigenvalue weighted by Gasteiger charge is 2.23. The first-order chi connectivity index (χ1) is 15.4. The number of hydrogen-bond acceptors (Lipinski definition) is 5. The molecule has 1 aromatic carbocycles. The molecule has 1 aromatic rings. The van der Waals surface area contributed by atoms with Crippen molar-refractivity contribution < 1.29 is 19.2 Å². The van der Waals surface area contributed by atoms with Crippen LogP contribution in [0.1, 0.15) is 43.0 Å². The van der Waals surface area contributed by atoms with E-state index in [-0.39, 0.29) is 30.0 Å². The van der Waals surface area contributed by atoms with Crippen LogP contribution in [0.2, 0.25) is 0 Å². The van der Waals surface area contributed by atoms with E-state index >= 15 is 0 Å². The minimum absolute atomic E-state index is 0.0556. The zero-order chi connectivity index (χ0) is 22.9. The molecule has 0 spiro atoms. The van der Waals surface area contributed by atoms with Gasteiger partial charge in [0.05, 0.1) is 0 Å². The SMILES string of the molecule is CC(=O)Nc1ccc(C(=O)N(CCCN2CCCC2=O)CCC(=O)N2CCNCC2)cc1. The lowest BCUT2D eigenvalue weighted by Crippen LogP contribution is -2.47. The molecule has 2 saturated heterocycles. The lowest BCUT2D eigenvalue weighted by Gasteiger charge is -2.29. The second kappa shape index (κ2) is 11.6. The number of amides is 4. The zero-order valence-electron chi connectivity index (χ0n) is 18.8. The smallest absolute Gasteiger partial charge is 0.253 e. The Balaban J connectivity index is 1.61. The summed E-state index contributed by atoms with van der Waals surface area (Å²) < 4.78 is 0. The van der Waals surface area contributed by atoms with Crippen LogP contribution in [-0.2, 0) is 14.4 Å². The average molecular weight is 444 g/mol. The van der Waals surface area contributed by atoms with E-state index in [4.69, 9.17) is 0 Å². The Morgan fingerprint density at radius 1 is 1.06 bits per heavy atom. The minimum Gasteiger partial charge on any atom is -0.343 e. The van der Waals surface area contributed by atoms with Crippen LogP contribution in [0.4, 0.5) is 5.69 Å². The second-order valence-electron chi connectivity index (χ2n) is 8.27. The molecule has 0 bridgehead atoms. The van der Waals surface area contributed by atoms with Crippen molar-refractivity contribution in [2.24, 2.45) is 0 Å². The Kier molecular flexibility index (Phi) is 8.61. The van der Waals surface area contributed by atoms with Gasteiger partial charge in [0.1, 0.15) is 0 Å². The maximum atomic E-state index is 13.2. The first-order valence-corrected chi connectivity index (χ1v) is 11.4. The van der Waals surface area contributed by atoms with Crippen LogP contribution in [0.25, 0.3) is 0 Å². The predicted octanol–water partition coefficient (Wildman–Crippen LogP) is 0.922. The highest BCUT2D eigenvalue weighted by molar-refractivity contribution is 5.95. The maximum Gasteiger partial charge on any atom is 0.253 e. The van der Waals surface area contributed by atoms with Crippen LogP contribution >= 0.6 is 0 Å². The van der Waals surface area contributed by atoms with Crippen molar-refractivity contribution in [3.8, 4) is 0 Å². The van der Waals surface area contributed by atoms with Gasteiger partial charge in [0.15, 0.2) is 0 Å². The number of carbonyl (C=O) groups is 4. The van der Waals surface area contributed by atoms with Crippen LogP contribution < -0.4 is 10.6 Å². The lowest BCUT2D eigenvalue weighted by atomic mass is 10.1. The summed E-state index contributed by atoms with van der Waals surface area (Å²) in [6, 6.07) is 6.76. The number of hydrogen-bond donors (Lipinski definition) is 2. The molecule has 3 rings (SSSR count). The summed E-state index contributed by atoms with van der Waals surface area (Å²) in [5.74, 6) is -0.0980. The molecule has 2 N–H and O–H groups in total. The van der Waals surface area contributed by atoms with Gasteiger partial charge in [-0.2, -0.15) is 0 Å². The van der Waals surface area contributed by atoms with Crippen LogP contribution in [0.15, 0.2) is 24.3 Å². The number of anilines is 1. The van der Waals surface area contributed by atoms with Gasteiger partial charge in [-0.3, -0.25) is 19.2 Å². The van der Waals surface area contributed by atoms with Crippen LogP contribution in [0, 0.1) is 0 Å². The molecule has 0 aliphatic carbocycles. The Morgan fingerprint density at radius 2 is 1.78 bits per heavy atom. The van der Waals surface area contributed by atoms with Crippen molar-refractivity contribution in [2.75, 3.05) is 57.7 Å². The van der Waals surface area contributed by atoms with E-state index < -0.39 is 0 Å². The highest BCUT2D eigenvalue weighted by atomic mass is 16.2. The fraction of sp³-hybridized carbons (Fsp3) is 0.565. The molecular formula is C23H33N5O4. The average Bonchev–Trinajstić information content (AvgIpc) is 3.20. The van der Waals surface area contributed by atoms with Gasteiger partial charge in [-0.1, -0.05) is 0 Å². The van der Waals surface area contributed by atoms with Crippen molar-refractivity contribution in [3.05, 3.63) is 29.8 Å². The van der Waals surface area contributed by atoms with Gasteiger partial charge < -0.3 is 25.3 Å². The van der Waals surface area contributed by atoms with Crippen molar-refractivity contribution >= 4 is 29.3 Å². The van der Waals surface area contributed by atoms with E-state index in [2.05, 4.69) is 10.6 Å². The Morgan fingerprint density at radius 3 is 2.41 bits per heavy atom. The molecule has 2 fully saturated rings. The number of piperazine rings is 1. The van der Waals surface area contributed by atoms with Crippen LogP contribution in [0.5, 0.6) is 0 Å². The van der Waals surface area contributed by atoms with E-state index in [1.54, 1.807) is 29.2 Å². The van der Waals surface area contributed by atoms with Crippen LogP contribution in [0.3, 0.4) is 0 Å². The first kappa shape index (κ1) is 23.7. The molecule has 0 atom stereocenters. The molecule has 32 heavy (non-hydrogen) atoms. The molecule has 2 aliphatic rings. The third-order valence-electron chi connectivity index (χ3n) is 5.83. The molecule has 0 saturated carbocycles. The van der Waals surface area contributed by atoms with Gasteiger partial charge in [0.25, 0.3) is 5.91 Å². The molecule has 4 amide bonds. The standard InChI is InChI=1S/C23H33N5O4/c1-18(29)25-20-7-5-19(6-8-20)23(32)28(14-3-13-26-12-2-4-21(26)30)15-9-22(31)27-16-10-24-11-17-27/h5-8,24H,2-4,9-17H2,1H3,(H,25,29). The summed E-state index contributed by atoms with van der Waals surface area (Å²) in [6.07, 6.45) is 2.44. The summed E-state index contributed by atoms with van der Waals surface area (Å²) >= 11 is 0. The largest absolute Gasteiger partial charge is 0.343 e. The summed E-state index contributed by atoms with van der Waals surface area (Å²) in [4.78, 5) is 54.2. The molecule has 9 nitrogen and oxygen atoms in total. The van der Waals surface area contributed by atoms with Gasteiger partial charge in [-0.25, -0.2) is 0 Å². The molecule has 9 heteroatoms. The van der Waals surface area contributed by atoms with Gasteiger partial charge >= 0.3 is 0 Å². The molecule has 2 aliphatic heterocycles. The van der Waals surface area contributed by atoms with Crippen molar-refractivity contribution in [1.29, 1.82) is 0 Å². The van der Waals surface area contributed by atoms with Crippen molar-refractivity contribution in [2.45, 2.75) is 32.6 Å². The number of nitrogens with one attached hydrogen (secondary N) is 2. The highest BCUT2D eigenvalue weighted by Crippen LogP contribution is 2.14. The number of likely N-dealkylation sites (tertiary alicyclic amines) is 1. The van der Waals surface area contributed by atoms with Gasteiger partial charge in [0, 0.05) is 83.4 Å². The Labute approximate surface area is 189 Å². The van der Waals surface area contributed by atoms with E-state index in [1.807, 2.05) is 9.80 Å². The molecule has 0 unspecified atom stereocenters. The normalized spacial score (nSPS) is 16.2. The minimum atomic E-state index is -0.173. The molecule has 2 heterocycles. The van der Waals surface area contributed by atoms with Gasteiger partial charge in [-0.15, -0.1) is 0 Å². The number of nitrogens with zero attached hydrogens (tertiary/aromatic N) is 3. The number of rotatable bonds is 9. The summed E-state index contributed by atoms with van der Waals surface area (Å²) in [6.45, 7) is 6.60.